The second-order valence-corrected chi connectivity index (χ2v) is 3.56. The summed E-state index contributed by atoms with van der Waals surface area (Å²) in [6, 6.07) is 0.216. The van der Waals surface area contributed by atoms with Gasteiger partial charge in [-0.25, -0.2) is 0 Å². The SMILES string of the molecule is CNC(=O)CCN(CC(=O)OC)C(C)C. The minimum absolute atomic E-state index is 0.0227. The minimum Gasteiger partial charge on any atom is -0.468 e. The quantitative estimate of drug-likeness (QED) is 0.635. The zero-order valence-electron chi connectivity index (χ0n) is 9.87. The maximum Gasteiger partial charge on any atom is 0.319 e. The van der Waals surface area contributed by atoms with Crippen LogP contribution in [0.3, 0.4) is 0 Å². The molecule has 0 aliphatic rings. The Morgan fingerprint density at radius 3 is 2.40 bits per heavy atom. The molecule has 5 heteroatoms. The first-order valence-corrected chi connectivity index (χ1v) is 5.02. The summed E-state index contributed by atoms with van der Waals surface area (Å²) in [5.74, 6) is -0.300. The molecule has 0 atom stereocenters. The molecule has 0 aromatic carbocycles. The van der Waals surface area contributed by atoms with Crippen LogP contribution in [0.2, 0.25) is 0 Å². The van der Waals surface area contributed by atoms with Crippen LogP contribution >= 0.6 is 0 Å². The monoisotopic (exact) mass is 216 g/mol. The Bertz CT molecular complexity index is 217. The summed E-state index contributed by atoms with van der Waals surface area (Å²) >= 11 is 0. The van der Waals surface area contributed by atoms with E-state index in [0.29, 0.717) is 13.0 Å². The minimum atomic E-state index is -0.277. The summed E-state index contributed by atoms with van der Waals surface area (Å²) < 4.78 is 4.58. The van der Waals surface area contributed by atoms with E-state index in [1.165, 1.54) is 7.11 Å². The van der Waals surface area contributed by atoms with Gasteiger partial charge >= 0.3 is 5.97 Å². The molecule has 0 aliphatic carbocycles. The van der Waals surface area contributed by atoms with Crippen molar-refractivity contribution in [3.05, 3.63) is 0 Å². The lowest BCUT2D eigenvalue weighted by atomic mass is 10.2. The molecule has 0 unspecified atom stereocenters. The maximum absolute atomic E-state index is 11.1. The molecular weight excluding hydrogens is 196 g/mol. The average molecular weight is 216 g/mol. The molecule has 0 saturated carbocycles. The van der Waals surface area contributed by atoms with E-state index in [9.17, 15) is 9.59 Å². The summed E-state index contributed by atoms with van der Waals surface area (Å²) in [4.78, 5) is 24.0. The van der Waals surface area contributed by atoms with Crippen LogP contribution in [0.4, 0.5) is 0 Å². The van der Waals surface area contributed by atoms with Crippen LogP contribution in [0.15, 0.2) is 0 Å². The fourth-order valence-electron chi connectivity index (χ4n) is 1.12. The fourth-order valence-corrected chi connectivity index (χ4v) is 1.12. The number of hydrogen-bond acceptors (Lipinski definition) is 4. The third-order valence-electron chi connectivity index (χ3n) is 2.20. The highest BCUT2D eigenvalue weighted by molar-refractivity contribution is 5.76. The summed E-state index contributed by atoms with van der Waals surface area (Å²) in [6.45, 7) is 4.75. The summed E-state index contributed by atoms with van der Waals surface area (Å²) in [5, 5.41) is 2.54. The van der Waals surface area contributed by atoms with Crippen molar-refractivity contribution in [1.29, 1.82) is 0 Å². The highest BCUT2D eigenvalue weighted by Gasteiger charge is 2.14. The van der Waals surface area contributed by atoms with Crippen molar-refractivity contribution in [3.63, 3.8) is 0 Å². The Morgan fingerprint density at radius 1 is 1.40 bits per heavy atom. The first-order chi connectivity index (χ1) is 7.01. The van der Waals surface area contributed by atoms with Gasteiger partial charge in [-0.15, -0.1) is 0 Å². The van der Waals surface area contributed by atoms with Gasteiger partial charge in [0.05, 0.1) is 13.7 Å². The average Bonchev–Trinajstić information content (AvgIpc) is 2.22. The van der Waals surface area contributed by atoms with Crippen LogP contribution in [0.25, 0.3) is 0 Å². The van der Waals surface area contributed by atoms with E-state index in [1.54, 1.807) is 7.05 Å². The van der Waals surface area contributed by atoms with Crippen LogP contribution < -0.4 is 5.32 Å². The molecular formula is C10H20N2O3. The number of esters is 1. The zero-order valence-corrected chi connectivity index (χ0v) is 9.87. The van der Waals surface area contributed by atoms with E-state index in [1.807, 2.05) is 18.7 Å². The molecule has 0 fully saturated rings. The van der Waals surface area contributed by atoms with Crippen LogP contribution in [-0.2, 0) is 14.3 Å². The number of amides is 1. The van der Waals surface area contributed by atoms with E-state index in [2.05, 4.69) is 10.1 Å². The van der Waals surface area contributed by atoms with Gasteiger partial charge in [0.25, 0.3) is 0 Å². The molecule has 0 bridgehead atoms. The number of hydrogen-bond donors (Lipinski definition) is 1. The molecule has 1 N–H and O–H groups in total. The van der Waals surface area contributed by atoms with Crippen molar-refractivity contribution in [1.82, 2.24) is 10.2 Å². The molecule has 5 nitrogen and oxygen atoms in total. The maximum atomic E-state index is 11.1. The lowest BCUT2D eigenvalue weighted by Gasteiger charge is -2.24. The van der Waals surface area contributed by atoms with E-state index in [4.69, 9.17) is 0 Å². The standard InChI is InChI=1S/C10H20N2O3/c1-8(2)12(7-10(14)15-4)6-5-9(13)11-3/h8H,5-7H2,1-4H3,(H,11,13). The molecule has 15 heavy (non-hydrogen) atoms. The molecule has 0 spiro atoms. The van der Waals surface area contributed by atoms with Crippen LogP contribution in [-0.4, -0.2) is 50.1 Å². The summed E-state index contributed by atoms with van der Waals surface area (Å²) in [7, 11) is 2.96. The van der Waals surface area contributed by atoms with Crippen LogP contribution in [0, 0.1) is 0 Å². The van der Waals surface area contributed by atoms with Crippen LogP contribution in [0.5, 0.6) is 0 Å². The fraction of sp³-hybridized carbons (Fsp3) is 0.800. The lowest BCUT2D eigenvalue weighted by molar-refractivity contribution is -0.142. The first-order valence-electron chi connectivity index (χ1n) is 5.02. The molecule has 0 radical (unpaired) electrons. The van der Waals surface area contributed by atoms with Gasteiger partial charge in [0.1, 0.15) is 0 Å². The third-order valence-corrected chi connectivity index (χ3v) is 2.20. The Morgan fingerprint density at radius 2 is 2.00 bits per heavy atom. The highest BCUT2D eigenvalue weighted by atomic mass is 16.5. The van der Waals surface area contributed by atoms with E-state index in [0.717, 1.165) is 0 Å². The smallest absolute Gasteiger partial charge is 0.319 e. The van der Waals surface area contributed by atoms with Crippen molar-refractivity contribution >= 4 is 11.9 Å². The lowest BCUT2D eigenvalue weighted by Crippen LogP contribution is -2.38. The van der Waals surface area contributed by atoms with Gasteiger partial charge in [0.15, 0.2) is 0 Å². The largest absolute Gasteiger partial charge is 0.468 e. The zero-order chi connectivity index (χ0) is 11.8. The number of carbonyl (C=O) groups is 2. The van der Waals surface area contributed by atoms with Gasteiger partial charge in [0, 0.05) is 26.1 Å². The van der Waals surface area contributed by atoms with Gasteiger partial charge < -0.3 is 10.1 Å². The number of carbonyl (C=O) groups excluding carboxylic acids is 2. The Balaban J connectivity index is 4.05. The van der Waals surface area contributed by atoms with Gasteiger partial charge in [-0.05, 0) is 13.8 Å². The Kier molecular flexibility index (Phi) is 6.70. The molecule has 0 heterocycles. The van der Waals surface area contributed by atoms with Gasteiger partial charge in [0.2, 0.25) is 5.91 Å². The molecule has 0 aromatic rings. The Labute approximate surface area is 90.8 Å². The van der Waals surface area contributed by atoms with E-state index in [-0.39, 0.29) is 24.5 Å². The predicted molar refractivity (Wildman–Crippen MR) is 57.4 cm³/mol. The number of rotatable bonds is 6. The number of ether oxygens (including phenoxy) is 1. The van der Waals surface area contributed by atoms with Crippen molar-refractivity contribution in [2.24, 2.45) is 0 Å². The van der Waals surface area contributed by atoms with E-state index >= 15 is 0 Å². The molecule has 0 saturated heterocycles. The molecule has 0 aromatic heterocycles. The van der Waals surface area contributed by atoms with Gasteiger partial charge in [-0.2, -0.15) is 0 Å². The van der Waals surface area contributed by atoms with Crippen molar-refractivity contribution in [3.8, 4) is 0 Å². The Hall–Kier alpha value is -1.10. The van der Waals surface area contributed by atoms with Crippen molar-refractivity contribution in [2.75, 3.05) is 27.2 Å². The van der Waals surface area contributed by atoms with Crippen molar-refractivity contribution < 1.29 is 14.3 Å². The molecule has 0 aliphatic heterocycles. The number of nitrogens with zero attached hydrogens (tertiary/aromatic N) is 1. The predicted octanol–water partition coefficient (Wildman–Crippen LogP) is 0.00590. The van der Waals surface area contributed by atoms with Gasteiger partial charge in [-0.3, -0.25) is 14.5 Å². The van der Waals surface area contributed by atoms with Crippen LogP contribution in [0.1, 0.15) is 20.3 Å². The molecule has 88 valence electrons. The summed E-state index contributed by atoms with van der Waals surface area (Å²) in [6.07, 6.45) is 0.395. The first kappa shape index (κ1) is 13.9. The number of methoxy groups -OCH3 is 1. The highest BCUT2D eigenvalue weighted by Crippen LogP contribution is 2.00. The second-order valence-electron chi connectivity index (χ2n) is 3.56. The summed E-state index contributed by atoms with van der Waals surface area (Å²) in [5.41, 5.74) is 0. The second kappa shape index (κ2) is 7.23. The van der Waals surface area contributed by atoms with E-state index < -0.39 is 0 Å². The third kappa shape index (κ3) is 6.06. The molecule has 0 rings (SSSR count). The number of nitrogens with one attached hydrogen (secondary N) is 1. The molecule has 1 amide bonds. The van der Waals surface area contributed by atoms with Crippen molar-refractivity contribution in [2.45, 2.75) is 26.3 Å². The topological polar surface area (TPSA) is 58.6 Å². The van der Waals surface area contributed by atoms with Gasteiger partial charge in [-0.1, -0.05) is 0 Å². The normalized spacial score (nSPS) is 10.5.